The second kappa shape index (κ2) is 17.5. The Bertz CT molecular complexity index is 604. The quantitative estimate of drug-likeness (QED) is 0.242. The molecule has 1 atom stereocenters. The maximum absolute atomic E-state index is 11.3. The minimum Gasteiger partial charge on any atom is -0.469 e. The molecule has 1 fully saturated rings. The average molecular weight is 467 g/mol. The van der Waals surface area contributed by atoms with E-state index in [0.717, 1.165) is 70.4 Å². The Morgan fingerprint density at radius 3 is 1.61 bits per heavy atom. The summed E-state index contributed by atoms with van der Waals surface area (Å²) in [7, 11) is 2.78. The fourth-order valence-corrected chi connectivity index (χ4v) is 4.67. The molecule has 2 aliphatic rings. The van der Waals surface area contributed by atoms with Crippen molar-refractivity contribution in [3.05, 3.63) is 12.2 Å². The van der Waals surface area contributed by atoms with E-state index in [0.29, 0.717) is 25.7 Å². The summed E-state index contributed by atoms with van der Waals surface area (Å²) in [4.78, 5) is 44.8. The van der Waals surface area contributed by atoms with Crippen molar-refractivity contribution in [2.45, 2.75) is 110 Å². The second-order valence-electron chi connectivity index (χ2n) is 9.28. The van der Waals surface area contributed by atoms with Gasteiger partial charge in [0, 0.05) is 23.7 Å². The van der Waals surface area contributed by atoms with Crippen LogP contribution in [0.5, 0.6) is 0 Å². The van der Waals surface area contributed by atoms with Crippen molar-refractivity contribution >= 4 is 24.5 Å². The Kier molecular flexibility index (Phi) is 16.4. The summed E-state index contributed by atoms with van der Waals surface area (Å²) in [6, 6.07) is 0. The molecule has 33 heavy (non-hydrogen) atoms. The smallest absolute Gasteiger partial charge is 0.305 e. The molecule has 0 bridgehead atoms. The van der Waals surface area contributed by atoms with Crippen LogP contribution in [0.25, 0.3) is 0 Å². The number of ether oxygens (including phenoxy) is 2. The van der Waals surface area contributed by atoms with Crippen LogP contribution < -0.4 is 0 Å². The lowest BCUT2D eigenvalue weighted by atomic mass is 9.74. The molecule has 6 heteroatoms. The summed E-state index contributed by atoms with van der Waals surface area (Å²) < 4.78 is 9.25. The van der Waals surface area contributed by atoms with Crippen LogP contribution in [-0.4, -0.2) is 38.7 Å². The monoisotopic (exact) mass is 466 g/mol. The molecule has 2 rings (SSSR count). The van der Waals surface area contributed by atoms with Crippen molar-refractivity contribution in [1.82, 2.24) is 0 Å². The zero-order chi connectivity index (χ0) is 23.7. The van der Waals surface area contributed by atoms with Crippen LogP contribution >= 0.6 is 0 Å². The van der Waals surface area contributed by atoms with Crippen molar-refractivity contribution in [1.29, 1.82) is 0 Å². The minimum atomic E-state index is -0.307. The summed E-state index contributed by atoms with van der Waals surface area (Å²) >= 11 is 0. The molecule has 1 saturated carbocycles. The highest BCUT2D eigenvalue weighted by Gasteiger charge is 2.31. The number of methoxy groups -OCH3 is 2. The molecule has 0 heterocycles. The van der Waals surface area contributed by atoms with Gasteiger partial charge < -0.3 is 19.1 Å². The van der Waals surface area contributed by atoms with E-state index < -0.39 is 0 Å². The molecule has 190 valence electrons. The molecule has 0 aromatic carbocycles. The van der Waals surface area contributed by atoms with Gasteiger partial charge in [0.1, 0.15) is 12.6 Å². The van der Waals surface area contributed by atoms with Gasteiger partial charge in [-0.15, -0.1) is 0 Å². The van der Waals surface area contributed by atoms with E-state index in [9.17, 15) is 19.2 Å². The number of allylic oxidation sites excluding steroid dienone is 2. The van der Waals surface area contributed by atoms with Crippen LogP contribution in [0.4, 0.5) is 0 Å². The van der Waals surface area contributed by atoms with Crippen LogP contribution in [-0.2, 0) is 28.7 Å². The molecular formula is C27H46O6. The van der Waals surface area contributed by atoms with Gasteiger partial charge in [-0.2, -0.15) is 0 Å². The fourth-order valence-electron chi connectivity index (χ4n) is 4.67. The standard InChI is InChI=1S/C13H22O3.C13H20O3.CH4/c2*1-16-12(15)7-10-13(11-14)8-5-3-2-4-6-9-13;/h11H,2-10H2,1H3;2-3,11H,4-10H2,1H3;1H4/b;3-2-;. The number of hydrogen-bond donors (Lipinski definition) is 0. The summed E-state index contributed by atoms with van der Waals surface area (Å²) in [5, 5.41) is 0. The van der Waals surface area contributed by atoms with Gasteiger partial charge in [-0.25, -0.2) is 0 Å². The third-order valence-corrected chi connectivity index (χ3v) is 6.98. The Hall–Kier alpha value is -1.98. The average Bonchev–Trinajstić information content (AvgIpc) is 2.78. The largest absolute Gasteiger partial charge is 0.469 e. The minimum absolute atomic E-state index is 0. The third kappa shape index (κ3) is 12.2. The maximum atomic E-state index is 11.3. The van der Waals surface area contributed by atoms with Crippen molar-refractivity contribution in [2.75, 3.05) is 14.2 Å². The molecule has 0 radical (unpaired) electrons. The van der Waals surface area contributed by atoms with E-state index >= 15 is 0 Å². The van der Waals surface area contributed by atoms with Crippen LogP contribution in [0.3, 0.4) is 0 Å². The highest BCUT2D eigenvalue weighted by molar-refractivity contribution is 5.71. The zero-order valence-corrected chi connectivity index (χ0v) is 20.1. The molecule has 0 aromatic rings. The van der Waals surface area contributed by atoms with Crippen LogP contribution in [0.1, 0.15) is 110 Å². The van der Waals surface area contributed by atoms with Crippen LogP contribution in [0.2, 0.25) is 0 Å². The molecule has 0 saturated heterocycles. The summed E-state index contributed by atoms with van der Waals surface area (Å²) in [6.07, 6.45) is 21.0. The van der Waals surface area contributed by atoms with Crippen LogP contribution in [0, 0.1) is 10.8 Å². The molecule has 0 amide bonds. The molecule has 0 aromatic heterocycles. The topological polar surface area (TPSA) is 86.7 Å². The van der Waals surface area contributed by atoms with Crippen LogP contribution in [0.15, 0.2) is 12.2 Å². The lowest BCUT2D eigenvalue weighted by molar-refractivity contribution is -0.142. The first-order valence-electron chi connectivity index (χ1n) is 12.2. The molecule has 6 nitrogen and oxygen atoms in total. The molecule has 1 unspecified atom stereocenters. The molecule has 0 spiro atoms. The van der Waals surface area contributed by atoms with Crippen molar-refractivity contribution in [3.63, 3.8) is 0 Å². The maximum Gasteiger partial charge on any atom is 0.305 e. The molecular weight excluding hydrogens is 420 g/mol. The number of hydrogen-bond acceptors (Lipinski definition) is 6. The first-order valence-corrected chi connectivity index (χ1v) is 12.2. The van der Waals surface area contributed by atoms with Gasteiger partial charge >= 0.3 is 11.9 Å². The predicted molar refractivity (Wildman–Crippen MR) is 131 cm³/mol. The zero-order valence-electron chi connectivity index (χ0n) is 20.1. The molecule has 2 aliphatic carbocycles. The van der Waals surface area contributed by atoms with Gasteiger partial charge in [0.15, 0.2) is 0 Å². The first kappa shape index (κ1) is 31.0. The van der Waals surface area contributed by atoms with E-state index in [4.69, 9.17) is 0 Å². The van der Waals surface area contributed by atoms with Crippen molar-refractivity contribution in [2.24, 2.45) is 10.8 Å². The highest BCUT2D eigenvalue weighted by Crippen LogP contribution is 2.37. The van der Waals surface area contributed by atoms with E-state index in [2.05, 4.69) is 21.6 Å². The van der Waals surface area contributed by atoms with E-state index in [1.807, 2.05) is 0 Å². The van der Waals surface area contributed by atoms with E-state index in [-0.39, 0.29) is 30.2 Å². The fraction of sp³-hybridized carbons (Fsp3) is 0.778. The Morgan fingerprint density at radius 1 is 0.697 bits per heavy atom. The number of aldehydes is 2. The normalized spacial score (nSPS) is 23.3. The summed E-state index contributed by atoms with van der Waals surface area (Å²) in [6.45, 7) is 0. The predicted octanol–water partition coefficient (Wildman–Crippen LogP) is 6.15. The van der Waals surface area contributed by atoms with E-state index in [1.165, 1.54) is 33.5 Å². The van der Waals surface area contributed by atoms with Crippen molar-refractivity contribution < 1.29 is 28.7 Å². The number of carbonyl (C=O) groups is 4. The SMILES string of the molecule is C.COC(=O)CCC1(C=O)CC/C=C\CCC1.COC(=O)CCC1(C=O)CCCCCCC1. The van der Waals surface area contributed by atoms with Gasteiger partial charge in [0.05, 0.1) is 14.2 Å². The first-order chi connectivity index (χ1) is 15.4. The number of esters is 2. The summed E-state index contributed by atoms with van der Waals surface area (Å²) in [5.41, 5.74) is -0.562. The second-order valence-corrected chi connectivity index (χ2v) is 9.28. The lowest BCUT2D eigenvalue weighted by Crippen LogP contribution is -2.25. The van der Waals surface area contributed by atoms with E-state index in [1.54, 1.807) is 0 Å². The Labute approximate surface area is 200 Å². The summed E-state index contributed by atoms with van der Waals surface area (Å²) in [5.74, 6) is -0.429. The van der Waals surface area contributed by atoms with Gasteiger partial charge in [-0.3, -0.25) is 9.59 Å². The Morgan fingerprint density at radius 2 is 1.12 bits per heavy atom. The third-order valence-electron chi connectivity index (χ3n) is 6.98. The van der Waals surface area contributed by atoms with Gasteiger partial charge in [0.2, 0.25) is 0 Å². The Balaban J connectivity index is 0.000000602. The molecule has 0 N–H and O–H groups in total. The van der Waals surface area contributed by atoms with Gasteiger partial charge in [0.25, 0.3) is 0 Å². The lowest BCUT2D eigenvalue weighted by Gasteiger charge is -2.29. The molecule has 0 aliphatic heterocycles. The van der Waals surface area contributed by atoms with Gasteiger partial charge in [-0.05, 0) is 57.8 Å². The number of rotatable bonds is 8. The van der Waals surface area contributed by atoms with Gasteiger partial charge in [-0.1, -0.05) is 51.7 Å². The van der Waals surface area contributed by atoms with Crippen molar-refractivity contribution in [3.8, 4) is 0 Å². The number of carbonyl (C=O) groups excluding carboxylic acids is 4. The highest BCUT2D eigenvalue weighted by atomic mass is 16.5.